The first-order valence-electron chi connectivity index (χ1n) is 7.69. The fraction of sp³-hybridized carbons (Fsp3) is 0.312. The molecule has 0 aliphatic carbocycles. The number of oxazole rings is 1. The van der Waals surface area contributed by atoms with E-state index >= 15 is 0 Å². The van der Waals surface area contributed by atoms with Gasteiger partial charge in [-0.05, 0) is 17.9 Å². The van der Waals surface area contributed by atoms with Gasteiger partial charge in [-0.15, -0.1) is 11.3 Å². The van der Waals surface area contributed by atoms with Crippen LogP contribution in [0.1, 0.15) is 16.9 Å². The monoisotopic (exact) mass is 344 g/mol. The highest BCUT2D eigenvalue weighted by atomic mass is 32.1. The molecule has 1 aliphatic heterocycles. The van der Waals surface area contributed by atoms with Crippen molar-refractivity contribution in [2.45, 2.75) is 13.0 Å². The molecule has 1 aliphatic rings. The van der Waals surface area contributed by atoms with E-state index in [-0.39, 0.29) is 11.6 Å². The molecule has 1 fully saturated rings. The Balaban J connectivity index is 1.51. The van der Waals surface area contributed by atoms with E-state index < -0.39 is 0 Å². The van der Waals surface area contributed by atoms with Gasteiger partial charge in [0.15, 0.2) is 17.8 Å². The van der Waals surface area contributed by atoms with Gasteiger partial charge in [0.2, 0.25) is 0 Å². The molecule has 0 bridgehead atoms. The third-order valence-corrected chi connectivity index (χ3v) is 4.81. The summed E-state index contributed by atoms with van der Waals surface area (Å²) in [6.07, 6.45) is 3.98. The Morgan fingerprint density at radius 2 is 2.42 bits per heavy atom. The van der Waals surface area contributed by atoms with Crippen molar-refractivity contribution in [3.05, 3.63) is 41.9 Å². The van der Waals surface area contributed by atoms with Crippen LogP contribution in [0.15, 0.2) is 40.6 Å². The van der Waals surface area contributed by atoms with Gasteiger partial charge in [0.05, 0.1) is 17.7 Å². The van der Waals surface area contributed by atoms with E-state index in [2.05, 4.69) is 15.4 Å². The number of carbonyl (C=O) groups is 1. The van der Waals surface area contributed by atoms with Crippen LogP contribution in [-0.2, 0) is 11.3 Å². The highest BCUT2D eigenvalue weighted by Gasteiger charge is 2.22. The van der Waals surface area contributed by atoms with Crippen LogP contribution in [0, 0.1) is 5.92 Å². The number of aromatic nitrogens is 3. The van der Waals surface area contributed by atoms with Gasteiger partial charge in [-0.3, -0.25) is 4.79 Å². The van der Waals surface area contributed by atoms with E-state index in [0.29, 0.717) is 17.5 Å². The smallest absolute Gasteiger partial charge is 0.279 e. The fourth-order valence-electron chi connectivity index (χ4n) is 2.72. The molecule has 0 unspecified atom stereocenters. The molecule has 1 N–H and O–H groups in total. The third-order valence-electron chi connectivity index (χ3n) is 3.94. The molecule has 124 valence electrons. The SMILES string of the molecule is O=C(Nc1ccnn1C[C@H]1CCOC1)c1ncoc1-c1cccs1. The van der Waals surface area contributed by atoms with Crippen LogP contribution in [0.5, 0.6) is 0 Å². The van der Waals surface area contributed by atoms with Gasteiger partial charge in [0.1, 0.15) is 5.82 Å². The second-order valence-corrected chi connectivity index (χ2v) is 6.54. The molecular formula is C16H16N4O3S. The summed E-state index contributed by atoms with van der Waals surface area (Å²) in [5, 5.41) is 9.09. The van der Waals surface area contributed by atoms with Crippen LogP contribution in [0.25, 0.3) is 10.6 Å². The summed E-state index contributed by atoms with van der Waals surface area (Å²) in [6.45, 7) is 2.25. The predicted molar refractivity (Wildman–Crippen MR) is 88.9 cm³/mol. The summed E-state index contributed by atoms with van der Waals surface area (Å²) >= 11 is 1.50. The first-order chi connectivity index (χ1) is 11.8. The first kappa shape index (κ1) is 15.1. The lowest BCUT2D eigenvalue weighted by atomic mass is 10.1. The zero-order valence-electron chi connectivity index (χ0n) is 12.8. The topological polar surface area (TPSA) is 82.2 Å². The molecule has 1 amide bonds. The zero-order valence-corrected chi connectivity index (χ0v) is 13.7. The summed E-state index contributed by atoms with van der Waals surface area (Å²) in [5.41, 5.74) is 0.273. The molecule has 4 heterocycles. The Morgan fingerprint density at radius 3 is 3.21 bits per heavy atom. The summed E-state index contributed by atoms with van der Waals surface area (Å²) in [4.78, 5) is 17.5. The van der Waals surface area contributed by atoms with Gasteiger partial charge in [-0.25, -0.2) is 9.67 Å². The number of nitrogens with one attached hydrogen (secondary N) is 1. The standard InChI is InChI=1S/C16H16N4O3S/c21-16(14-15(23-10-17-14)12-2-1-7-24-12)19-13-3-5-18-20(13)8-11-4-6-22-9-11/h1-3,5,7,10-11H,4,6,8-9H2,(H,19,21)/t11-/m1/s1. The maximum atomic E-state index is 12.6. The maximum absolute atomic E-state index is 12.6. The molecule has 4 rings (SSSR count). The van der Waals surface area contributed by atoms with Crippen LogP contribution in [0.4, 0.5) is 5.82 Å². The number of ether oxygens (including phenoxy) is 1. The Kier molecular flexibility index (Phi) is 4.14. The lowest BCUT2D eigenvalue weighted by molar-refractivity contribution is 0.102. The van der Waals surface area contributed by atoms with Crippen molar-refractivity contribution in [1.29, 1.82) is 0 Å². The number of hydrogen-bond acceptors (Lipinski definition) is 6. The van der Waals surface area contributed by atoms with Crippen molar-refractivity contribution >= 4 is 23.1 Å². The number of carbonyl (C=O) groups excluding carboxylic acids is 1. The lowest BCUT2D eigenvalue weighted by Gasteiger charge is -2.11. The minimum atomic E-state index is -0.309. The van der Waals surface area contributed by atoms with Gasteiger partial charge in [-0.1, -0.05) is 6.07 Å². The van der Waals surface area contributed by atoms with Crippen molar-refractivity contribution in [1.82, 2.24) is 14.8 Å². The van der Waals surface area contributed by atoms with E-state index in [1.807, 2.05) is 17.5 Å². The molecule has 1 atom stereocenters. The van der Waals surface area contributed by atoms with Gasteiger partial charge < -0.3 is 14.5 Å². The van der Waals surface area contributed by atoms with Crippen molar-refractivity contribution in [2.24, 2.45) is 5.92 Å². The Bertz CT molecular complexity index is 818. The Morgan fingerprint density at radius 1 is 1.46 bits per heavy atom. The molecule has 0 saturated carbocycles. The fourth-order valence-corrected chi connectivity index (χ4v) is 3.43. The van der Waals surface area contributed by atoms with Crippen molar-refractivity contribution in [2.75, 3.05) is 18.5 Å². The van der Waals surface area contributed by atoms with Gasteiger partial charge in [0, 0.05) is 25.1 Å². The minimum Gasteiger partial charge on any atom is -0.442 e. The third kappa shape index (κ3) is 2.98. The molecule has 3 aromatic rings. The number of hydrogen-bond donors (Lipinski definition) is 1. The van der Waals surface area contributed by atoms with Gasteiger partial charge in [0.25, 0.3) is 5.91 Å². The molecule has 8 heteroatoms. The molecule has 1 saturated heterocycles. The molecule has 0 aromatic carbocycles. The highest BCUT2D eigenvalue weighted by Crippen LogP contribution is 2.28. The minimum absolute atomic E-state index is 0.273. The lowest BCUT2D eigenvalue weighted by Crippen LogP contribution is -2.19. The van der Waals surface area contributed by atoms with Crippen LogP contribution >= 0.6 is 11.3 Å². The quantitative estimate of drug-likeness (QED) is 0.769. The Labute approximate surface area is 142 Å². The highest BCUT2D eigenvalue weighted by molar-refractivity contribution is 7.13. The number of thiophene rings is 1. The summed E-state index contributed by atoms with van der Waals surface area (Å²) < 4.78 is 12.6. The maximum Gasteiger partial charge on any atom is 0.279 e. The normalized spacial score (nSPS) is 17.2. The van der Waals surface area contributed by atoms with Crippen molar-refractivity contribution < 1.29 is 13.9 Å². The summed E-state index contributed by atoms with van der Waals surface area (Å²) in [6, 6.07) is 5.58. The largest absolute Gasteiger partial charge is 0.442 e. The molecule has 24 heavy (non-hydrogen) atoms. The summed E-state index contributed by atoms with van der Waals surface area (Å²) in [7, 11) is 0. The van der Waals surface area contributed by atoms with Crippen LogP contribution in [0.3, 0.4) is 0 Å². The Hall–Kier alpha value is -2.45. The van der Waals surface area contributed by atoms with E-state index in [0.717, 1.165) is 31.1 Å². The van der Waals surface area contributed by atoms with Crippen molar-refractivity contribution in [3.63, 3.8) is 0 Å². The second-order valence-electron chi connectivity index (χ2n) is 5.59. The molecule has 0 radical (unpaired) electrons. The number of nitrogens with zero attached hydrogens (tertiary/aromatic N) is 3. The van der Waals surface area contributed by atoms with Gasteiger partial charge >= 0.3 is 0 Å². The van der Waals surface area contributed by atoms with Crippen LogP contribution < -0.4 is 5.32 Å². The zero-order chi connectivity index (χ0) is 16.4. The van der Waals surface area contributed by atoms with Gasteiger partial charge in [-0.2, -0.15) is 5.10 Å². The van der Waals surface area contributed by atoms with E-state index in [9.17, 15) is 4.79 Å². The summed E-state index contributed by atoms with van der Waals surface area (Å²) in [5.74, 6) is 1.25. The van der Waals surface area contributed by atoms with Crippen LogP contribution in [-0.4, -0.2) is 33.9 Å². The van der Waals surface area contributed by atoms with Crippen molar-refractivity contribution in [3.8, 4) is 10.6 Å². The number of anilines is 1. The molecule has 7 nitrogen and oxygen atoms in total. The average Bonchev–Trinajstić information content (AvgIpc) is 3.37. The first-order valence-corrected chi connectivity index (χ1v) is 8.57. The number of rotatable bonds is 5. The van der Waals surface area contributed by atoms with E-state index in [4.69, 9.17) is 9.15 Å². The van der Waals surface area contributed by atoms with Crippen LogP contribution in [0.2, 0.25) is 0 Å². The second kappa shape index (κ2) is 6.58. The predicted octanol–water partition coefficient (Wildman–Crippen LogP) is 2.89. The van der Waals surface area contributed by atoms with E-state index in [1.165, 1.54) is 17.7 Å². The molecular weight excluding hydrogens is 328 g/mol. The average molecular weight is 344 g/mol. The molecule has 3 aromatic heterocycles. The van der Waals surface area contributed by atoms with E-state index in [1.54, 1.807) is 16.9 Å². The molecule has 0 spiro atoms. The number of amides is 1.